The predicted molar refractivity (Wildman–Crippen MR) is 97.1 cm³/mol. The summed E-state index contributed by atoms with van der Waals surface area (Å²) < 4.78 is 0. The minimum absolute atomic E-state index is 0.0510. The minimum Gasteiger partial charge on any atom is -0.354 e. The number of pyridine rings is 1. The second-order valence-corrected chi connectivity index (χ2v) is 7.71. The first-order valence-electron chi connectivity index (χ1n) is 8.66. The van der Waals surface area contributed by atoms with Gasteiger partial charge in [0.1, 0.15) is 0 Å². The molecule has 1 N–H and O–H groups in total. The fourth-order valence-corrected chi connectivity index (χ4v) is 2.87. The van der Waals surface area contributed by atoms with Gasteiger partial charge in [-0.2, -0.15) is 5.10 Å². The molecule has 0 amide bonds. The van der Waals surface area contributed by atoms with Crippen molar-refractivity contribution < 1.29 is 0 Å². The average molecular weight is 325 g/mol. The van der Waals surface area contributed by atoms with Crippen LogP contribution in [0, 0.1) is 5.92 Å². The van der Waals surface area contributed by atoms with Crippen molar-refractivity contribution in [3.8, 4) is 0 Å². The number of aromatic nitrogens is 3. The highest BCUT2D eigenvalue weighted by Crippen LogP contribution is 2.25. The third-order valence-electron chi connectivity index (χ3n) is 4.60. The number of nitrogens with one attached hydrogen (secondary N) is 1. The van der Waals surface area contributed by atoms with E-state index in [1.165, 1.54) is 5.56 Å². The molecule has 0 bridgehead atoms. The van der Waals surface area contributed by atoms with Crippen molar-refractivity contribution in [1.82, 2.24) is 20.5 Å². The standard InChI is InChI=1S/C19H27N5/c1-14(16-6-5-9-20-11-16)21-10-15-12-24(13-15)18-8-7-17(22-23-18)19(2,3)4/h5-9,11,14-15,21H,10,12-13H2,1-4H3. The van der Waals surface area contributed by atoms with Crippen LogP contribution in [0.2, 0.25) is 0 Å². The van der Waals surface area contributed by atoms with Crippen LogP contribution < -0.4 is 10.2 Å². The van der Waals surface area contributed by atoms with Crippen molar-refractivity contribution in [3.05, 3.63) is 47.9 Å². The van der Waals surface area contributed by atoms with Crippen LogP contribution in [0.3, 0.4) is 0 Å². The summed E-state index contributed by atoms with van der Waals surface area (Å²) >= 11 is 0. The molecule has 1 aliphatic rings. The molecule has 1 aliphatic heterocycles. The van der Waals surface area contributed by atoms with Gasteiger partial charge < -0.3 is 10.2 Å². The van der Waals surface area contributed by atoms with E-state index in [1.54, 1.807) is 0 Å². The first-order valence-corrected chi connectivity index (χ1v) is 8.66. The molecule has 1 fully saturated rings. The molecule has 1 atom stereocenters. The quantitative estimate of drug-likeness (QED) is 0.916. The van der Waals surface area contributed by atoms with E-state index in [0.717, 1.165) is 31.1 Å². The molecule has 0 spiro atoms. The molecule has 128 valence electrons. The molecule has 1 saturated heterocycles. The highest BCUT2D eigenvalue weighted by atomic mass is 15.3. The first-order chi connectivity index (χ1) is 11.4. The second-order valence-electron chi connectivity index (χ2n) is 7.71. The molecule has 2 aromatic heterocycles. The van der Waals surface area contributed by atoms with E-state index in [9.17, 15) is 0 Å². The maximum absolute atomic E-state index is 4.39. The molecule has 2 aromatic rings. The Labute approximate surface area is 144 Å². The SMILES string of the molecule is CC(NCC1CN(c2ccc(C(C)(C)C)nn2)C1)c1cccnc1. The Morgan fingerprint density at radius 2 is 2.00 bits per heavy atom. The molecule has 0 aliphatic carbocycles. The molecule has 5 heteroatoms. The molecule has 24 heavy (non-hydrogen) atoms. The number of nitrogens with zero attached hydrogens (tertiary/aromatic N) is 4. The van der Waals surface area contributed by atoms with E-state index in [0.29, 0.717) is 12.0 Å². The van der Waals surface area contributed by atoms with Gasteiger partial charge in [-0.3, -0.25) is 4.98 Å². The number of hydrogen-bond donors (Lipinski definition) is 1. The Kier molecular flexibility index (Phi) is 4.81. The first kappa shape index (κ1) is 16.8. The van der Waals surface area contributed by atoms with Gasteiger partial charge in [-0.1, -0.05) is 26.8 Å². The van der Waals surface area contributed by atoms with Gasteiger partial charge >= 0.3 is 0 Å². The number of anilines is 1. The van der Waals surface area contributed by atoms with Crippen LogP contribution in [-0.2, 0) is 5.41 Å². The summed E-state index contributed by atoms with van der Waals surface area (Å²) in [7, 11) is 0. The molecule has 0 saturated carbocycles. The largest absolute Gasteiger partial charge is 0.354 e. The van der Waals surface area contributed by atoms with E-state index in [1.807, 2.05) is 18.5 Å². The van der Waals surface area contributed by atoms with E-state index in [-0.39, 0.29) is 5.41 Å². The lowest BCUT2D eigenvalue weighted by molar-refractivity contribution is 0.365. The Morgan fingerprint density at radius 3 is 2.58 bits per heavy atom. The van der Waals surface area contributed by atoms with Crippen molar-refractivity contribution in [2.45, 2.75) is 39.2 Å². The van der Waals surface area contributed by atoms with Crippen LogP contribution in [-0.4, -0.2) is 34.8 Å². The topological polar surface area (TPSA) is 53.9 Å². The molecule has 1 unspecified atom stereocenters. The van der Waals surface area contributed by atoms with E-state index in [2.05, 4.69) is 71.3 Å². The fourth-order valence-electron chi connectivity index (χ4n) is 2.87. The molecule has 0 radical (unpaired) electrons. The van der Waals surface area contributed by atoms with Gasteiger partial charge in [-0.05, 0) is 30.7 Å². The third kappa shape index (κ3) is 3.90. The summed E-state index contributed by atoms with van der Waals surface area (Å²) in [5, 5.41) is 12.4. The smallest absolute Gasteiger partial charge is 0.151 e. The van der Waals surface area contributed by atoms with E-state index >= 15 is 0 Å². The molecule has 3 heterocycles. The van der Waals surface area contributed by atoms with Crippen LogP contribution in [0.1, 0.15) is 45.0 Å². The van der Waals surface area contributed by atoms with Gasteiger partial charge in [0.15, 0.2) is 5.82 Å². The van der Waals surface area contributed by atoms with Crippen molar-refractivity contribution in [2.75, 3.05) is 24.5 Å². The van der Waals surface area contributed by atoms with Crippen LogP contribution in [0.5, 0.6) is 0 Å². The third-order valence-corrected chi connectivity index (χ3v) is 4.60. The predicted octanol–water partition coefficient (Wildman–Crippen LogP) is 2.96. The van der Waals surface area contributed by atoms with Crippen LogP contribution in [0.15, 0.2) is 36.7 Å². The zero-order valence-electron chi connectivity index (χ0n) is 15.0. The minimum atomic E-state index is 0.0510. The average Bonchev–Trinajstić information content (AvgIpc) is 2.53. The Bertz CT molecular complexity index is 642. The second kappa shape index (κ2) is 6.85. The van der Waals surface area contributed by atoms with Gasteiger partial charge in [0.05, 0.1) is 5.69 Å². The van der Waals surface area contributed by atoms with Crippen molar-refractivity contribution >= 4 is 5.82 Å². The van der Waals surface area contributed by atoms with Crippen LogP contribution in [0.4, 0.5) is 5.82 Å². The molecule has 5 nitrogen and oxygen atoms in total. The molecule has 0 aromatic carbocycles. The summed E-state index contributed by atoms with van der Waals surface area (Å²) in [4.78, 5) is 6.47. The molecule has 3 rings (SSSR count). The zero-order chi connectivity index (χ0) is 17.2. The lowest BCUT2D eigenvalue weighted by atomic mass is 9.92. The maximum atomic E-state index is 4.39. The summed E-state index contributed by atoms with van der Waals surface area (Å²) in [5.41, 5.74) is 2.32. The molecular weight excluding hydrogens is 298 g/mol. The van der Waals surface area contributed by atoms with Crippen molar-refractivity contribution in [2.24, 2.45) is 5.92 Å². The zero-order valence-corrected chi connectivity index (χ0v) is 15.0. The number of hydrogen-bond acceptors (Lipinski definition) is 5. The van der Waals surface area contributed by atoms with Gasteiger partial charge in [0, 0.05) is 49.4 Å². The van der Waals surface area contributed by atoms with Crippen molar-refractivity contribution in [3.63, 3.8) is 0 Å². The highest BCUT2D eigenvalue weighted by molar-refractivity contribution is 5.41. The monoisotopic (exact) mass is 325 g/mol. The molecular formula is C19H27N5. The van der Waals surface area contributed by atoms with E-state index < -0.39 is 0 Å². The highest BCUT2D eigenvalue weighted by Gasteiger charge is 2.28. The fraction of sp³-hybridized carbons (Fsp3) is 0.526. The van der Waals surface area contributed by atoms with Crippen LogP contribution >= 0.6 is 0 Å². The van der Waals surface area contributed by atoms with Crippen LogP contribution in [0.25, 0.3) is 0 Å². The van der Waals surface area contributed by atoms with Gasteiger partial charge in [-0.25, -0.2) is 0 Å². The summed E-state index contributed by atoms with van der Waals surface area (Å²) in [5.74, 6) is 1.65. The van der Waals surface area contributed by atoms with Gasteiger partial charge in [-0.15, -0.1) is 5.10 Å². The Hall–Kier alpha value is -2.01. The summed E-state index contributed by atoms with van der Waals surface area (Å²) in [6.07, 6.45) is 3.74. The maximum Gasteiger partial charge on any atom is 0.151 e. The summed E-state index contributed by atoms with van der Waals surface area (Å²) in [6.45, 7) is 11.7. The normalized spacial score (nSPS) is 16.8. The Morgan fingerprint density at radius 1 is 1.21 bits per heavy atom. The lowest BCUT2D eigenvalue weighted by Crippen LogP contribution is -2.51. The van der Waals surface area contributed by atoms with Crippen molar-refractivity contribution in [1.29, 1.82) is 0 Å². The van der Waals surface area contributed by atoms with Gasteiger partial charge in [0.2, 0.25) is 0 Å². The van der Waals surface area contributed by atoms with E-state index in [4.69, 9.17) is 0 Å². The van der Waals surface area contributed by atoms with Gasteiger partial charge in [0.25, 0.3) is 0 Å². The summed E-state index contributed by atoms with van der Waals surface area (Å²) in [6, 6.07) is 8.62. The number of rotatable bonds is 5. The Balaban J connectivity index is 1.46. The lowest BCUT2D eigenvalue weighted by Gasteiger charge is -2.40.